The van der Waals surface area contributed by atoms with Gasteiger partial charge in [-0.25, -0.2) is 9.97 Å². The average Bonchev–Trinajstić information content (AvgIpc) is 3.51. The van der Waals surface area contributed by atoms with Gasteiger partial charge in [-0.2, -0.15) is 4.98 Å². The monoisotopic (exact) mass is 588 g/mol. The molecule has 11 nitrogen and oxygen atoms in total. The summed E-state index contributed by atoms with van der Waals surface area (Å²) in [4.78, 5) is 16.6. The molecule has 2 aromatic heterocycles. The highest BCUT2D eigenvalue weighted by Crippen LogP contribution is 2.39. The van der Waals surface area contributed by atoms with Crippen molar-refractivity contribution in [2.24, 2.45) is 0 Å². The Kier molecular flexibility index (Phi) is 9.63. The summed E-state index contributed by atoms with van der Waals surface area (Å²) in [6, 6.07) is 12.0. The molecule has 0 spiro atoms. The predicted molar refractivity (Wildman–Crippen MR) is 167 cm³/mol. The van der Waals surface area contributed by atoms with Crippen molar-refractivity contribution >= 4 is 22.5 Å². The molecule has 4 aromatic rings. The van der Waals surface area contributed by atoms with Crippen LogP contribution in [0.15, 0.2) is 42.7 Å². The highest BCUT2D eigenvalue weighted by molar-refractivity contribution is 5.95. The number of fused-ring (bicyclic) bond motifs is 1. The lowest BCUT2D eigenvalue weighted by atomic mass is 10.1. The van der Waals surface area contributed by atoms with Gasteiger partial charge in [0.05, 0.1) is 33.5 Å². The zero-order valence-electron chi connectivity index (χ0n) is 25.7. The average molecular weight is 589 g/mol. The number of pyridine rings is 1. The van der Waals surface area contributed by atoms with E-state index in [1.807, 2.05) is 50.2 Å². The molecule has 5 rings (SSSR count). The fraction of sp³-hybridized carbons (Fsp3) is 0.406. The normalized spacial score (nSPS) is 14.7. The summed E-state index contributed by atoms with van der Waals surface area (Å²) in [6.07, 6.45) is 2.57. The summed E-state index contributed by atoms with van der Waals surface area (Å²) in [5.74, 6) is 4.71. The number of anilines is 2. The standard InChI is InChI=1S/C32H40N6O5/c1-20-7-10-26(41-5)21(2)30(20)43-32-29-25(16-28(37-32)38-13-11-23(18-38)33-12-14-39-3)35-19-36-31(29)34-17-22-8-9-24(40-4)15-27(22)42-6/h7-10,15-16,19,23,33H,11-14,17-18H2,1-6H3,(H,34,35,36)/t23-/m1/s1. The van der Waals surface area contributed by atoms with E-state index < -0.39 is 0 Å². The van der Waals surface area contributed by atoms with Gasteiger partial charge in [-0.15, -0.1) is 0 Å². The van der Waals surface area contributed by atoms with Gasteiger partial charge in [-0.1, -0.05) is 6.07 Å². The van der Waals surface area contributed by atoms with Crippen LogP contribution in [0.3, 0.4) is 0 Å². The lowest BCUT2D eigenvalue weighted by Crippen LogP contribution is -2.34. The van der Waals surface area contributed by atoms with Crippen molar-refractivity contribution < 1.29 is 23.7 Å². The molecule has 2 aromatic carbocycles. The quantitative estimate of drug-likeness (QED) is 0.208. The summed E-state index contributed by atoms with van der Waals surface area (Å²) in [6.45, 7) is 7.63. The number of benzene rings is 2. The number of nitrogens with one attached hydrogen (secondary N) is 2. The molecular weight excluding hydrogens is 548 g/mol. The van der Waals surface area contributed by atoms with Crippen LogP contribution in [-0.2, 0) is 11.3 Å². The van der Waals surface area contributed by atoms with Crippen molar-refractivity contribution in [3.05, 3.63) is 59.4 Å². The van der Waals surface area contributed by atoms with Crippen LogP contribution in [0, 0.1) is 13.8 Å². The van der Waals surface area contributed by atoms with Crippen LogP contribution in [0.25, 0.3) is 10.9 Å². The Balaban J connectivity index is 1.53. The smallest absolute Gasteiger partial charge is 0.234 e. The highest BCUT2D eigenvalue weighted by atomic mass is 16.5. The summed E-state index contributed by atoms with van der Waals surface area (Å²) in [7, 11) is 6.65. The maximum Gasteiger partial charge on any atom is 0.234 e. The van der Waals surface area contributed by atoms with Crippen molar-refractivity contribution in [3.8, 4) is 28.9 Å². The van der Waals surface area contributed by atoms with Crippen LogP contribution in [0.4, 0.5) is 11.6 Å². The van der Waals surface area contributed by atoms with E-state index in [1.165, 1.54) is 0 Å². The highest BCUT2D eigenvalue weighted by Gasteiger charge is 2.26. The van der Waals surface area contributed by atoms with Crippen LogP contribution in [0.1, 0.15) is 23.1 Å². The topological polar surface area (TPSA) is 112 Å². The minimum atomic E-state index is 0.349. The number of nitrogens with zero attached hydrogens (tertiary/aromatic N) is 4. The number of aryl methyl sites for hydroxylation is 1. The largest absolute Gasteiger partial charge is 0.497 e. The fourth-order valence-corrected chi connectivity index (χ4v) is 5.36. The van der Waals surface area contributed by atoms with Gasteiger partial charge in [0, 0.05) is 62.6 Å². The first-order valence-electron chi connectivity index (χ1n) is 14.4. The van der Waals surface area contributed by atoms with E-state index in [1.54, 1.807) is 34.8 Å². The van der Waals surface area contributed by atoms with Gasteiger partial charge in [0.25, 0.3) is 0 Å². The Morgan fingerprint density at radius 1 is 0.953 bits per heavy atom. The number of ether oxygens (including phenoxy) is 5. The number of rotatable bonds is 13. The van der Waals surface area contributed by atoms with Gasteiger partial charge >= 0.3 is 0 Å². The van der Waals surface area contributed by atoms with Crippen molar-refractivity contribution in [3.63, 3.8) is 0 Å². The van der Waals surface area contributed by atoms with E-state index in [2.05, 4.69) is 25.5 Å². The van der Waals surface area contributed by atoms with Crippen LogP contribution in [-0.4, -0.2) is 75.7 Å². The van der Waals surface area contributed by atoms with Gasteiger partial charge in [0.15, 0.2) is 0 Å². The Morgan fingerprint density at radius 2 is 1.79 bits per heavy atom. The first-order chi connectivity index (χ1) is 20.9. The van der Waals surface area contributed by atoms with Gasteiger partial charge in [-0.05, 0) is 44.0 Å². The van der Waals surface area contributed by atoms with Gasteiger partial charge < -0.3 is 39.2 Å². The second-order valence-corrected chi connectivity index (χ2v) is 10.5. The van der Waals surface area contributed by atoms with Gasteiger partial charge in [0.1, 0.15) is 46.3 Å². The van der Waals surface area contributed by atoms with Crippen LogP contribution < -0.4 is 34.5 Å². The molecule has 0 radical (unpaired) electrons. The Labute approximate surface area is 252 Å². The maximum atomic E-state index is 6.66. The van der Waals surface area contributed by atoms with Gasteiger partial charge in [-0.3, -0.25) is 0 Å². The van der Waals surface area contributed by atoms with E-state index in [0.717, 1.165) is 65.6 Å². The van der Waals surface area contributed by atoms with Crippen molar-refractivity contribution in [1.29, 1.82) is 0 Å². The second kappa shape index (κ2) is 13.7. The lowest BCUT2D eigenvalue weighted by molar-refractivity contribution is 0.196. The van der Waals surface area contributed by atoms with Crippen LogP contribution in [0.2, 0.25) is 0 Å². The van der Waals surface area contributed by atoms with Crippen molar-refractivity contribution in [1.82, 2.24) is 20.3 Å². The molecule has 1 aliphatic heterocycles. The van der Waals surface area contributed by atoms with Crippen molar-refractivity contribution in [2.45, 2.75) is 32.9 Å². The molecular formula is C32H40N6O5. The number of hydrogen-bond acceptors (Lipinski definition) is 11. The third kappa shape index (κ3) is 6.68. The summed E-state index contributed by atoms with van der Waals surface area (Å²) < 4.78 is 28.4. The lowest BCUT2D eigenvalue weighted by Gasteiger charge is -2.21. The Hall–Kier alpha value is -4.35. The molecule has 0 aliphatic carbocycles. The molecule has 0 unspecified atom stereocenters. The zero-order valence-corrected chi connectivity index (χ0v) is 25.7. The minimum absolute atomic E-state index is 0.349. The molecule has 1 aliphatic rings. The van der Waals surface area contributed by atoms with Crippen LogP contribution >= 0.6 is 0 Å². The SMILES string of the molecule is COCCN[C@@H]1CCN(c2cc3ncnc(NCc4ccc(OC)cc4OC)c3c(Oc3c(C)ccc(OC)c3C)n2)C1. The number of hydrogen-bond donors (Lipinski definition) is 2. The van der Waals surface area contributed by atoms with Gasteiger partial charge in [0.2, 0.25) is 5.88 Å². The third-order valence-corrected chi connectivity index (χ3v) is 7.74. The minimum Gasteiger partial charge on any atom is -0.497 e. The van der Waals surface area contributed by atoms with Crippen LogP contribution in [0.5, 0.6) is 28.9 Å². The second-order valence-electron chi connectivity index (χ2n) is 10.5. The maximum absolute atomic E-state index is 6.66. The predicted octanol–water partition coefficient (Wildman–Crippen LogP) is 4.89. The summed E-state index contributed by atoms with van der Waals surface area (Å²) >= 11 is 0. The third-order valence-electron chi connectivity index (χ3n) is 7.74. The molecule has 3 heterocycles. The zero-order chi connectivity index (χ0) is 30.3. The Bertz CT molecular complexity index is 1570. The summed E-state index contributed by atoms with van der Waals surface area (Å²) in [5, 5.41) is 7.72. The fourth-order valence-electron chi connectivity index (χ4n) is 5.36. The molecule has 0 amide bonds. The number of methoxy groups -OCH3 is 4. The van der Waals surface area contributed by atoms with E-state index in [9.17, 15) is 0 Å². The molecule has 1 saturated heterocycles. The Morgan fingerprint density at radius 3 is 2.56 bits per heavy atom. The van der Waals surface area contributed by atoms with E-state index in [0.29, 0.717) is 47.8 Å². The molecule has 1 atom stereocenters. The molecule has 43 heavy (non-hydrogen) atoms. The molecule has 11 heteroatoms. The number of aromatic nitrogens is 3. The molecule has 1 fully saturated rings. The molecule has 0 bridgehead atoms. The molecule has 0 saturated carbocycles. The molecule has 2 N–H and O–H groups in total. The van der Waals surface area contributed by atoms with E-state index >= 15 is 0 Å². The first-order valence-corrected chi connectivity index (χ1v) is 14.4. The van der Waals surface area contributed by atoms with Crippen molar-refractivity contribution in [2.75, 3.05) is 64.9 Å². The van der Waals surface area contributed by atoms with E-state index in [4.69, 9.17) is 28.7 Å². The summed E-state index contributed by atoms with van der Waals surface area (Å²) in [5.41, 5.74) is 3.54. The van der Waals surface area contributed by atoms with E-state index in [-0.39, 0.29) is 0 Å². The first kappa shape index (κ1) is 30.1. The molecule has 228 valence electrons.